The summed E-state index contributed by atoms with van der Waals surface area (Å²) < 4.78 is 52.3. The SMILES string of the molecule is OCCn1nnc(-c2cccc(F)c2Cc2ccc(C(F)(F)F)cc2)n1. The first kappa shape index (κ1) is 18.0. The van der Waals surface area contributed by atoms with E-state index in [2.05, 4.69) is 15.4 Å². The van der Waals surface area contributed by atoms with Crippen molar-refractivity contribution in [3.05, 3.63) is 65.0 Å². The molecule has 0 bridgehead atoms. The Kier molecular flexibility index (Phi) is 4.99. The molecule has 26 heavy (non-hydrogen) atoms. The quantitative estimate of drug-likeness (QED) is 0.705. The van der Waals surface area contributed by atoms with Crippen molar-refractivity contribution >= 4 is 0 Å². The molecular formula is C17H14F4N4O. The molecule has 3 rings (SSSR count). The number of aliphatic hydroxyl groups excluding tert-OH is 1. The van der Waals surface area contributed by atoms with Gasteiger partial charge in [-0.25, -0.2) is 4.39 Å². The van der Waals surface area contributed by atoms with E-state index >= 15 is 0 Å². The number of rotatable bonds is 5. The molecule has 9 heteroatoms. The van der Waals surface area contributed by atoms with Gasteiger partial charge in [0.1, 0.15) is 5.82 Å². The van der Waals surface area contributed by atoms with Crippen molar-refractivity contribution in [1.82, 2.24) is 20.2 Å². The average molecular weight is 366 g/mol. The Labute approximate surface area is 145 Å². The molecule has 0 saturated heterocycles. The van der Waals surface area contributed by atoms with Crippen LogP contribution in [0.2, 0.25) is 0 Å². The smallest absolute Gasteiger partial charge is 0.394 e. The number of tetrazole rings is 1. The van der Waals surface area contributed by atoms with Crippen LogP contribution in [0.25, 0.3) is 11.4 Å². The van der Waals surface area contributed by atoms with Crippen LogP contribution in [0, 0.1) is 5.82 Å². The van der Waals surface area contributed by atoms with E-state index in [0.717, 1.165) is 12.1 Å². The van der Waals surface area contributed by atoms with Gasteiger partial charge in [0.2, 0.25) is 5.82 Å². The van der Waals surface area contributed by atoms with Crippen molar-refractivity contribution in [3.8, 4) is 11.4 Å². The molecule has 5 nitrogen and oxygen atoms in total. The second kappa shape index (κ2) is 7.20. The van der Waals surface area contributed by atoms with E-state index in [1.807, 2.05) is 0 Å². The van der Waals surface area contributed by atoms with Crippen molar-refractivity contribution in [1.29, 1.82) is 0 Å². The number of hydrogen-bond acceptors (Lipinski definition) is 4. The van der Waals surface area contributed by atoms with Crippen LogP contribution in [-0.4, -0.2) is 31.9 Å². The van der Waals surface area contributed by atoms with Gasteiger partial charge in [0.25, 0.3) is 0 Å². The lowest BCUT2D eigenvalue weighted by Gasteiger charge is -2.10. The number of alkyl halides is 3. The van der Waals surface area contributed by atoms with E-state index in [4.69, 9.17) is 5.11 Å². The summed E-state index contributed by atoms with van der Waals surface area (Å²) in [6.45, 7) is -0.0199. The first-order valence-corrected chi connectivity index (χ1v) is 7.71. The van der Waals surface area contributed by atoms with Gasteiger partial charge in [-0.2, -0.15) is 18.0 Å². The van der Waals surface area contributed by atoms with Gasteiger partial charge in [-0.15, -0.1) is 10.2 Å². The van der Waals surface area contributed by atoms with Crippen molar-refractivity contribution in [2.75, 3.05) is 6.61 Å². The summed E-state index contributed by atoms with van der Waals surface area (Å²) in [5.41, 5.74) is 0.417. The lowest BCUT2D eigenvalue weighted by molar-refractivity contribution is -0.137. The first-order chi connectivity index (χ1) is 12.4. The molecule has 0 spiro atoms. The third kappa shape index (κ3) is 3.88. The Morgan fingerprint density at radius 2 is 1.77 bits per heavy atom. The third-order valence-electron chi connectivity index (χ3n) is 3.77. The summed E-state index contributed by atoms with van der Waals surface area (Å²) in [6.07, 6.45) is -4.34. The molecule has 0 aliphatic rings. The second-order valence-corrected chi connectivity index (χ2v) is 5.57. The lowest BCUT2D eigenvalue weighted by atomic mass is 9.98. The fourth-order valence-corrected chi connectivity index (χ4v) is 2.50. The Hall–Kier alpha value is -2.81. The molecule has 1 N–H and O–H groups in total. The predicted octanol–water partition coefficient (Wildman–Crippen LogP) is 3.08. The van der Waals surface area contributed by atoms with Crippen LogP contribution in [0.1, 0.15) is 16.7 Å². The fraction of sp³-hybridized carbons (Fsp3) is 0.235. The monoisotopic (exact) mass is 366 g/mol. The topological polar surface area (TPSA) is 63.8 Å². The zero-order valence-electron chi connectivity index (χ0n) is 13.4. The minimum atomic E-state index is -4.42. The Morgan fingerprint density at radius 1 is 1.04 bits per heavy atom. The van der Waals surface area contributed by atoms with Gasteiger partial charge in [-0.1, -0.05) is 24.3 Å². The van der Waals surface area contributed by atoms with Gasteiger partial charge in [0, 0.05) is 17.5 Å². The van der Waals surface area contributed by atoms with E-state index in [1.54, 1.807) is 6.07 Å². The molecule has 1 heterocycles. The number of hydrogen-bond donors (Lipinski definition) is 1. The molecule has 0 fully saturated rings. The number of aliphatic hydroxyl groups is 1. The van der Waals surface area contributed by atoms with E-state index < -0.39 is 17.6 Å². The molecule has 0 saturated carbocycles. The highest BCUT2D eigenvalue weighted by Gasteiger charge is 2.30. The van der Waals surface area contributed by atoms with E-state index in [1.165, 1.54) is 29.1 Å². The fourth-order valence-electron chi connectivity index (χ4n) is 2.50. The van der Waals surface area contributed by atoms with Crippen LogP contribution in [0.3, 0.4) is 0 Å². The Morgan fingerprint density at radius 3 is 2.42 bits per heavy atom. The van der Waals surface area contributed by atoms with Crippen molar-refractivity contribution in [2.24, 2.45) is 0 Å². The maximum atomic E-state index is 14.3. The zero-order chi connectivity index (χ0) is 18.7. The predicted molar refractivity (Wildman–Crippen MR) is 84.5 cm³/mol. The molecule has 2 aromatic carbocycles. The minimum absolute atomic E-state index is 0.0781. The maximum Gasteiger partial charge on any atom is 0.416 e. The highest BCUT2D eigenvalue weighted by Crippen LogP contribution is 2.30. The number of halogens is 4. The molecule has 0 amide bonds. The summed E-state index contributed by atoms with van der Waals surface area (Å²) in [5, 5.41) is 20.6. The molecule has 3 aromatic rings. The van der Waals surface area contributed by atoms with Gasteiger partial charge in [0.15, 0.2) is 0 Å². The molecule has 0 unspecified atom stereocenters. The van der Waals surface area contributed by atoms with Crippen molar-refractivity contribution in [3.63, 3.8) is 0 Å². The lowest BCUT2D eigenvalue weighted by Crippen LogP contribution is -2.06. The third-order valence-corrected chi connectivity index (χ3v) is 3.77. The largest absolute Gasteiger partial charge is 0.416 e. The summed E-state index contributed by atoms with van der Waals surface area (Å²) in [6, 6.07) is 8.93. The standard InChI is InChI=1S/C17H14F4N4O/c18-15-3-1-2-13(16-22-24-25(23-16)8-9-26)14(15)10-11-4-6-12(7-5-11)17(19,20)21/h1-7,26H,8-10H2. The summed E-state index contributed by atoms with van der Waals surface area (Å²) >= 11 is 0. The number of aromatic nitrogens is 4. The Balaban J connectivity index is 1.92. The van der Waals surface area contributed by atoms with Crippen LogP contribution in [0.5, 0.6) is 0 Å². The normalized spacial score (nSPS) is 11.7. The Bertz CT molecular complexity index is 891. The van der Waals surface area contributed by atoms with Gasteiger partial charge in [-0.3, -0.25) is 0 Å². The minimum Gasteiger partial charge on any atom is -0.394 e. The van der Waals surface area contributed by atoms with Gasteiger partial charge in [-0.05, 0) is 29.0 Å². The first-order valence-electron chi connectivity index (χ1n) is 7.71. The molecule has 0 atom stereocenters. The van der Waals surface area contributed by atoms with Crippen LogP contribution in [-0.2, 0) is 19.1 Å². The van der Waals surface area contributed by atoms with Crippen molar-refractivity contribution < 1.29 is 22.7 Å². The van der Waals surface area contributed by atoms with E-state index in [0.29, 0.717) is 11.1 Å². The molecule has 136 valence electrons. The molecular weight excluding hydrogens is 352 g/mol. The average Bonchev–Trinajstić information content (AvgIpc) is 3.05. The van der Waals surface area contributed by atoms with Crippen LogP contribution in [0.15, 0.2) is 42.5 Å². The van der Waals surface area contributed by atoms with E-state index in [9.17, 15) is 17.6 Å². The molecule has 0 radical (unpaired) electrons. The highest BCUT2D eigenvalue weighted by molar-refractivity contribution is 5.60. The second-order valence-electron chi connectivity index (χ2n) is 5.57. The summed E-state index contributed by atoms with van der Waals surface area (Å²) in [4.78, 5) is 1.18. The van der Waals surface area contributed by atoms with Crippen molar-refractivity contribution in [2.45, 2.75) is 19.1 Å². The zero-order valence-corrected chi connectivity index (χ0v) is 13.4. The number of benzene rings is 2. The molecule has 0 aliphatic carbocycles. The van der Waals surface area contributed by atoms with Gasteiger partial charge < -0.3 is 5.11 Å². The van der Waals surface area contributed by atoms with Crippen LogP contribution in [0.4, 0.5) is 17.6 Å². The van der Waals surface area contributed by atoms with Gasteiger partial charge in [0.05, 0.1) is 18.7 Å². The van der Waals surface area contributed by atoms with Crippen LogP contribution < -0.4 is 0 Å². The number of nitrogens with zero attached hydrogens (tertiary/aromatic N) is 4. The highest BCUT2D eigenvalue weighted by atomic mass is 19.4. The van der Waals surface area contributed by atoms with Crippen LogP contribution >= 0.6 is 0 Å². The summed E-state index contributed by atoms with van der Waals surface area (Å²) in [7, 11) is 0. The summed E-state index contributed by atoms with van der Waals surface area (Å²) in [5.74, 6) is -0.333. The maximum absolute atomic E-state index is 14.3. The molecule has 1 aromatic heterocycles. The van der Waals surface area contributed by atoms with E-state index in [-0.39, 0.29) is 31.0 Å². The molecule has 0 aliphatic heterocycles. The van der Waals surface area contributed by atoms with Gasteiger partial charge >= 0.3 is 6.18 Å².